The Labute approximate surface area is 239 Å². The van der Waals surface area contributed by atoms with E-state index in [1.807, 2.05) is 0 Å². The number of rotatable bonds is 10. The number of ether oxygens (including phenoxy) is 2. The lowest BCUT2D eigenvalue weighted by molar-refractivity contribution is -0.181. The van der Waals surface area contributed by atoms with Crippen LogP contribution in [0.2, 0.25) is 0 Å². The molecule has 2 aromatic carbocycles. The standard InChI is InChI=1S/C33H43NO4.ClH/c1-37-27-14-13-24-18-26-25-19-32(21-35,15-7-3-6-10-22-8-4-2-5-9-22)30(36)31-33(25,28(24)29(27)38-31)16-17-34(26)20-23-11-12-23;/h2,4-5,8-9,13-14,23,25-26,30-31,35-36H,3,6-7,10-12,15-21H2,1H3;1H/t25?,26?,30-,31?,32+,33?;/m0./s1. The summed E-state index contributed by atoms with van der Waals surface area (Å²) < 4.78 is 12.5. The first-order chi connectivity index (χ1) is 18.6. The molecule has 4 unspecified atom stereocenters. The van der Waals surface area contributed by atoms with E-state index in [2.05, 4.69) is 47.4 Å². The fourth-order valence-electron chi connectivity index (χ4n) is 8.89. The van der Waals surface area contributed by atoms with Gasteiger partial charge in [-0.3, -0.25) is 4.90 Å². The van der Waals surface area contributed by atoms with Crippen LogP contribution in [0.5, 0.6) is 11.5 Å². The highest BCUT2D eigenvalue weighted by Gasteiger charge is 2.70. The molecule has 1 spiro atoms. The monoisotopic (exact) mass is 553 g/mol. The number of piperidine rings is 1. The highest BCUT2D eigenvalue weighted by Crippen LogP contribution is 2.67. The Balaban J connectivity index is 0.00000277. The highest BCUT2D eigenvalue weighted by molar-refractivity contribution is 5.85. The summed E-state index contributed by atoms with van der Waals surface area (Å²) in [6.07, 6.45) is 9.88. The van der Waals surface area contributed by atoms with Gasteiger partial charge in [-0.25, -0.2) is 0 Å². The molecule has 6 atom stereocenters. The molecule has 39 heavy (non-hydrogen) atoms. The zero-order chi connectivity index (χ0) is 25.9. The van der Waals surface area contributed by atoms with E-state index in [0.29, 0.717) is 12.0 Å². The highest BCUT2D eigenvalue weighted by atomic mass is 35.5. The van der Waals surface area contributed by atoms with Crippen LogP contribution in [-0.4, -0.2) is 60.2 Å². The van der Waals surface area contributed by atoms with Crippen LogP contribution in [0.1, 0.15) is 68.1 Å². The number of likely N-dealkylation sites (tertiary alicyclic amines) is 1. The Morgan fingerprint density at radius 2 is 1.90 bits per heavy atom. The molecule has 2 heterocycles. The van der Waals surface area contributed by atoms with E-state index in [0.717, 1.165) is 75.3 Å². The van der Waals surface area contributed by atoms with Gasteiger partial charge in [0.2, 0.25) is 0 Å². The zero-order valence-corrected chi connectivity index (χ0v) is 24.0. The van der Waals surface area contributed by atoms with Crippen LogP contribution in [0.3, 0.4) is 0 Å². The first kappa shape index (κ1) is 27.4. The van der Waals surface area contributed by atoms with Crippen LogP contribution in [0.4, 0.5) is 0 Å². The summed E-state index contributed by atoms with van der Waals surface area (Å²) in [4.78, 5) is 2.77. The average Bonchev–Trinajstić information content (AvgIpc) is 3.70. The van der Waals surface area contributed by atoms with E-state index in [4.69, 9.17) is 9.47 Å². The van der Waals surface area contributed by atoms with Crippen molar-refractivity contribution in [2.45, 2.75) is 87.9 Å². The minimum atomic E-state index is -0.684. The first-order valence-corrected chi connectivity index (χ1v) is 15.0. The van der Waals surface area contributed by atoms with Gasteiger partial charge in [-0.15, -0.1) is 12.4 Å². The summed E-state index contributed by atoms with van der Waals surface area (Å²) in [5.41, 5.74) is 3.40. The lowest BCUT2D eigenvalue weighted by Gasteiger charge is -2.63. The Kier molecular flexibility index (Phi) is 7.41. The number of aliphatic hydroxyl groups excluding tert-OH is 2. The van der Waals surface area contributed by atoms with Gasteiger partial charge in [-0.05, 0) is 86.9 Å². The molecule has 1 saturated heterocycles. The zero-order valence-electron chi connectivity index (χ0n) is 23.2. The third-order valence-corrected chi connectivity index (χ3v) is 11.0. The third-order valence-electron chi connectivity index (χ3n) is 11.0. The molecule has 2 aromatic rings. The molecule has 212 valence electrons. The molecule has 5 nitrogen and oxygen atoms in total. The minimum absolute atomic E-state index is 0. The molecule has 2 N–H and O–H groups in total. The second kappa shape index (κ2) is 10.6. The molecule has 2 aliphatic heterocycles. The molecule has 0 aromatic heterocycles. The Morgan fingerprint density at radius 3 is 2.64 bits per heavy atom. The number of nitrogens with zero attached hydrogens (tertiary/aromatic N) is 1. The van der Waals surface area contributed by atoms with Crippen molar-refractivity contribution in [3.05, 3.63) is 59.2 Å². The topological polar surface area (TPSA) is 62.2 Å². The van der Waals surface area contributed by atoms with E-state index < -0.39 is 11.5 Å². The van der Waals surface area contributed by atoms with Gasteiger partial charge in [0.25, 0.3) is 0 Å². The van der Waals surface area contributed by atoms with E-state index >= 15 is 0 Å². The summed E-state index contributed by atoms with van der Waals surface area (Å²) >= 11 is 0. The molecule has 6 heteroatoms. The van der Waals surface area contributed by atoms with E-state index in [9.17, 15) is 10.2 Å². The van der Waals surface area contributed by atoms with Gasteiger partial charge in [0.05, 0.1) is 19.8 Å². The number of hydrogen-bond donors (Lipinski definition) is 2. The van der Waals surface area contributed by atoms with Crippen LogP contribution in [0, 0.1) is 17.3 Å². The van der Waals surface area contributed by atoms with Gasteiger partial charge in [-0.1, -0.05) is 49.2 Å². The average molecular weight is 554 g/mol. The summed E-state index contributed by atoms with van der Waals surface area (Å²) in [5, 5.41) is 23.0. The van der Waals surface area contributed by atoms with Gasteiger partial charge >= 0.3 is 0 Å². The molecule has 0 amide bonds. The van der Waals surface area contributed by atoms with E-state index in [-0.39, 0.29) is 30.5 Å². The molecule has 3 fully saturated rings. The lowest BCUT2D eigenvalue weighted by atomic mass is 9.46. The van der Waals surface area contributed by atoms with Crippen molar-refractivity contribution in [3.63, 3.8) is 0 Å². The van der Waals surface area contributed by atoms with Crippen molar-refractivity contribution in [2.24, 2.45) is 17.3 Å². The van der Waals surface area contributed by atoms with Crippen LogP contribution in [0.25, 0.3) is 0 Å². The normalized spacial score (nSPS) is 34.1. The second-order valence-electron chi connectivity index (χ2n) is 13.0. The maximum absolute atomic E-state index is 12.1. The van der Waals surface area contributed by atoms with Gasteiger partial charge in [0, 0.05) is 29.0 Å². The minimum Gasteiger partial charge on any atom is -0.493 e. The lowest BCUT2D eigenvalue weighted by Crippen LogP contribution is -2.71. The molecular weight excluding hydrogens is 510 g/mol. The van der Waals surface area contributed by atoms with Crippen molar-refractivity contribution < 1.29 is 19.7 Å². The van der Waals surface area contributed by atoms with Crippen LogP contribution < -0.4 is 9.47 Å². The molecule has 3 aliphatic carbocycles. The molecular formula is C33H44ClNO4. The predicted octanol–water partition coefficient (Wildman–Crippen LogP) is 5.32. The molecule has 0 radical (unpaired) electrons. The fraction of sp³-hybridized carbons (Fsp3) is 0.636. The number of benzene rings is 2. The summed E-state index contributed by atoms with van der Waals surface area (Å²) in [5.74, 6) is 2.90. The Bertz CT molecular complexity index is 1170. The van der Waals surface area contributed by atoms with Crippen LogP contribution in [-0.2, 0) is 18.3 Å². The van der Waals surface area contributed by atoms with Crippen molar-refractivity contribution in [2.75, 3.05) is 26.8 Å². The molecule has 2 saturated carbocycles. The predicted molar refractivity (Wildman–Crippen MR) is 155 cm³/mol. The van der Waals surface area contributed by atoms with Crippen LogP contribution in [0.15, 0.2) is 42.5 Å². The van der Waals surface area contributed by atoms with Gasteiger partial charge in [-0.2, -0.15) is 0 Å². The fourth-order valence-corrected chi connectivity index (χ4v) is 8.89. The number of halogens is 1. The molecule has 7 rings (SSSR count). The molecule has 5 aliphatic rings. The van der Waals surface area contributed by atoms with Gasteiger partial charge in [0.1, 0.15) is 6.10 Å². The van der Waals surface area contributed by atoms with E-state index in [1.54, 1.807) is 7.11 Å². The molecule has 2 bridgehead atoms. The maximum Gasteiger partial charge on any atom is 0.165 e. The first-order valence-electron chi connectivity index (χ1n) is 15.0. The van der Waals surface area contributed by atoms with E-state index in [1.165, 1.54) is 36.1 Å². The second-order valence-corrected chi connectivity index (χ2v) is 13.0. The summed E-state index contributed by atoms with van der Waals surface area (Å²) in [6, 6.07) is 15.5. The van der Waals surface area contributed by atoms with Crippen LogP contribution >= 0.6 is 12.4 Å². The van der Waals surface area contributed by atoms with Gasteiger partial charge < -0.3 is 19.7 Å². The number of methoxy groups -OCH3 is 1. The summed E-state index contributed by atoms with van der Waals surface area (Å²) in [7, 11) is 1.71. The van der Waals surface area contributed by atoms with Crippen molar-refractivity contribution >= 4 is 12.4 Å². The van der Waals surface area contributed by atoms with Crippen molar-refractivity contribution in [1.29, 1.82) is 0 Å². The number of hydrogen-bond acceptors (Lipinski definition) is 5. The number of aryl methyl sites for hydroxylation is 1. The quantitative estimate of drug-likeness (QED) is 0.390. The largest absolute Gasteiger partial charge is 0.493 e. The maximum atomic E-state index is 12.1. The third kappa shape index (κ3) is 4.31. The summed E-state index contributed by atoms with van der Waals surface area (Å²) in [6.45, 7) is 2.30. The number of aliphatic hydroxyl groups is 2. The van der Waals surface area contributed by atoms with Crippen molar-refractivity contribution in [3.8, 4) is 11.5 Å². The SMILES string of the molecule is COc1ccc2c3c1OC1[C@H](O)[C@](CO)(CCCCCc4ccccc4)CC4C(C2)N(CC2CC2)CCC341.Cl. The smallest absolute Gasteiger partial charge is 0.165 e. The van der Waals surface area contributed by atoms with Gasteiger partial charge in [0.15, 0.2) is 11.5 Å². The van der Waals surface area contributed by atoms with Crippen molar-refractivity contribution in [1.82, 2.24) is 4.90 Å². The Hall–Kier alpha value is -1.79. The Morgan fingerprint density at radius 1 is 1.08 bits per heavy atom. The number of unbranched alkanes of at least 4 members (excludes halogenated alkanes) is 2.